The van der Waals surface area contributed by atoms with Crippen molar-refractivity contribution in [2.75, 3.05) is 11.1 Å². The summed E-state index contributed by atoms with van der Waals surface area (Å²) in [5.41, 5.74) is 0.532. The van der Waals surface area contributed by atoms with Crippen molar-refractivity contribution in [2.24, 2.45) is 4.99 Å². The zero-order valence-corrected chi connectivity index (χ0v) is 13.8. The summed E-state index contributed by atoms with van der Waals surface area (Å²) >= 11 is 4.67. The fourth-order valence-electron chi connectivity index (χ4n) is 1.73. The number of thioether (sulfide) groups is 1. The predicted molar refractivity (Wildman–Crippen MR) is 83.0 cm³/mol. The van der Waals surface area contributed by atoms with E-state index in [-0.39, 0.29) is 15.8 Å². The Morgan fingerprint density at radius 1 is 1.38 bits per heavy atom. The molecule has 0 saturated carbocycles. The number of nitrogens with zero attached hydrogens (tertiary/aromatic N) is 1. The van der Waals surface area contributed by atoms with Crippen molar-refractivity contribution in [1.82, 2.24) is 0 Å². The molecule has 0 atom stereocenters. The monoisotopic (exact) mass is 382 g/mol. The highest BCUT2D eigenvalue weighted by molar-refractivity contribution is 9.10. The molecule has 0 bridgehead atoms. The molecule has 3 nitrogen and oxygen atoms in total. The molecular weight excluding hydrogens is 369 g/mol. The third kappa shape index (κ3) is 5.10. The molecule has 0 aromatic heterocycles. The lowest BCUT2D eigenvalue weighted by Gasteiger charge is -2.26. The molecule has 21 heavy (non-hydrogen) atoms. The molecule has 0 saturated heterocycles. The number of anilines is 1. The van der Waals surface area contributed by atoms with Crippen LogP contribution in [0.5, 0.6) is 5.75 Å². The standard InChI is InChI=1S/C13H14BrF3N2OS/c1-12(2)5-6-21-11(19-12)18-8-3-4-10(9(14)7-8)20-13(15,16)17/h3-4,7H,5-6H2,1-2H3,(H,18,19). The van der Waals surface area contributed by atoms with Crippen LogP contribution >= 0.6 is 27.7 Å². The van der Waals surface area contributed by atoms with Crippen LogP contribution in [0.15, 0.2) is 27.7 Å². The minimum Gasteiger partial charge on any atom is -0.405 e. The Morgan fingerprint density at radius 2 is 2.10 bits per heavy atom. The van der Waals surface area contributed by atoms with Crippen molar-refractivity contribution in [3.8, 4) is 5.75 Å². The van der Waals surface area contributed by atoms with E-state index in [0.717, 1.165) is 17.3 Å². The number of benzene rings is 1. The first kappa shape index (κ1) is 16.5. The van der Waals surface area contributed by atoms with Gasteiger partial charge in [-0.2, -0.15) is 0 Å². The second-order valence-corrected chi connectivity index (χ2v) is 7.08. The second-order valence-electron chi connectivity index (χ2n) is 5.15. The summed E-state index contributed by atoms with van der Waals surface area (Å²) in [5, 5.41) is 3.88. The van der Waals surface area contributed by atoms with Crippen molar-refractivity contribution in [1.29, 1.82) is 0 Å². The molecular formula is C13H14BrF3N2OS. The van der Waals surface area contributed by atoms with Crippen molar-refractivity contribution in [3.05, 3.63) is 22.7 Å². The summed E-state index contributed by atoms with van der Waals surface area (Å²) < 4.78 is 40.7. The molecule has 0 radical (unpaired) electrons. The number of rotatable bonds is 2. The van der Waals surface area contributed by atoms with E-state index in [0.29, 0.717) is 5.69 Å². The van der Waals surface area contributed by atoms with E-state index in [1.165, 1.54) is 18.2 Å². The minimum atomic E-state index is -4.70. The maximum Gasteiger partial charge on any atom is 0.573 e. The van der Waals surface area contributed by atoms with Gasteiger partial charge in [-0.3, -0.25) is 4.99 Å². The number of hydrogen-bond donors (Lipinski definition) is 1. The van der Waals surface area contributed by atoms with E-state index in [9.17, 15) is 13.2 Å². The summed E-state index contributed by atoms with van der Waals surface area (Å²) in [5.74, 6) is 0.682. The van der Waals surface area contributed by atoms with E-state index < -0.39 is 6.36 Å². The van der Waals surface area contributed by atoms with Crippen molar-refractivity contribution >= 4 is 38.5 Å². The van der Waals surface area contributed by atoms with Gasteiger partial charge in [-0.15, -0.1) is 13.2 Å². The van der Waals surface area contributed by atoms with Gasteiger partial charge in [0.2, 0.25) is 0 Å². The lowest BCUT2D eigenvalue weighted by molar-refractivity contribution is -0.274. The lowest BCUT2D eigenvalue weighted by atomic mass is 10.0. The average molecular weight is 383 g/mol. The Bertz CT molecular complexity index is 561. The van der Waals surface area contributed by atoms with E-state index >= 15 is 0 Å². The number of aliphatic imine (C=N–C) groups is 1. The normalized spacial score (nSPS) is 18.1. The van der Waals surface area contributed by atoms with E-state index in [1.54, 1.807) is 11.8 Å². The molecule has 1 heterocycles. The molecule has 0 spiro atoms. The average Bonchev–Trinajstić information content (AvgIpc) is 2.30. The zero-order chi connectivity index (χ0) is 15.7. The molecule has 8 heteroatoms. The van der Waals surface area contributed by atoms with E-state index in [4.69, 9.17) is 0 Å². The van der Waals surface area contributed by atoms with Crippen LogP contribution in [0.3, 0.4) is 0 Å². The van der Waals surface area contributed by atoms with Crippen LogP contribution in [0, 0.1) is 0 Å². The van der Waals surface area contributed by atoms with Gasteiger partial charge in [0.25, 0.3) is 0 Å². The van der Waals surface area contributed by atoms with Crippen molar-refractivity contribution in [3.63, 3.8) is 0 Å². The Hall–Kier alpha value is -0.890. The summed E-state index contributed by atoms with van der Waals surface area (Å²) in [6, 6.07) is 4.32. The van der Waals surface area contributed by atoms with Gasteiger partial charge >= 0.3 is 6.36 Å². The van der Waals surface area contributed by atoms with Gasteiger partial charge in [-0.05, 0) is 54.4 Å². The van der Waals surface area contributed by atoms with Crippen molar-refractivity contribution < 1.29 is 17.9 Å². The Balaban J connectivity index is 2.12. The maximum atomic E-state index is 12.2. The van der Waals surface area contributed by atoms with Crippen LogP contribution in [0.2, 0.25) is 0 Å². The first-order chi connectivity index (χ1) is 9.65. The van der Waals surface area contributed by atoms with Crippen LogP contribution in [0.25, 0.3) is 0 Å². The fraction of sp³-hybridized carbons (Fsp3) is 0.462. The third-order valence-electron chi connectivity index (χ3n) is 2.77. The van der Waals surface area contributed by atoms with Gasteiger partial charge < -0.3 is 10.1 Å². The van der Waals surface area contributed by atoms with Gasteiger partial charge in [0.15, 0.2) is 5.17 Å². The molecule has 0 aliphatic carbocycles. The molecule has 1 aromatic rings. The van der Waals surface area contributed by atoms with Crippen LogP contribution in [0.1, 0.15) is 20.3 Å². The molecule has 2 rings (SSSR count). The second kappa shape index (κ2) is 6.08. The van der Waals surface area contributed by atoms with Crippen molar-refractivity contribution in [2.45, 2.75) is 32.2 Å². The Kier molecular flexibility index (Phi) is 4.77. The quantitative estimate of drug-likeness (QED) is 0.778. The highest BCUT2D eigenvalue weighted by Gasteiger charge is 2.32. The number of amidine groups is 1. The molecule has 1 aliphatic rings. The van der Waals surface area contributed by atoms with Gasteiger partial charge in [0.1, 0.15) is 5.75 Å². The summed E-state index contributed by atoms with van der Waals surface area (Å²) in [6.45, 7) is 4.09. The number of halogens is 4. The molecule has 1 aromatic carbocycles. The summed E-state index contributed by atoms with van der Waals surface area (Å²) in [6.07, 6.45) is -3.71. The fourth-order valence-corrected chi connectivity index (χ4v) is 3.49. The first-order valence-corrected chi connectivity index (χ1v) is 7.97. The first-order valence-electron chi connectivity index (χ1n) is 6.20. The van der Waals surface area contributed by atoms with Gasteiger partial charge in [0, 0.05) is 11.4 Å². The number of alkyl halides is 3. The number of nitrogens with one attached hydrogen (secondary N) is 1. The number of hydrogen-bond acceptors (Lipinski definition) is 4. The van der Waals surface area contributed by atoms with Gasteiger partial charge in [-0.25, -0.2) is 0 Å². The maximum absolute atomic E-state index is 12.2. The Morgan fingerprint density at radius 3 is 2.67 bits per heavy atom. The smallest absolute Gasteiger partial charge is 0.405 e. The zero-order valence-electron chi connectivity index (χ0n) is 11.4. The largest absolute Gasteiger partial charge is 0.573 e. The highest BCUT2D eigenvalue weighted by atomic mass is 79.9. The summed E-state index contributed by atoms with van der Waals surface area (Å²) in [7, 11) is 0. The predicted octanol–water partition coefficient (Wildman–Crippen LogP) is 5.03. The highest BCUT2D eigenvalue weighted by Crippen LogP contribution is 2.33. The molecule has 116 valence electrons. The summed E-state index contributed by atoms with van der Waals surface area (Å²) in [4.78, 5) is 4.56. The van der Waals surface area contributed by atoms with Crippen LogP contribution in [-0.2, 0) is 0 Å². The lowest BCUT2D eigenvalue weighted by Crippen LogP contribution is -2.27. The number of ether oxygens (including phenoxy) is 1. The van der Waals surface area contributed by atoms with Crippen LogP contribution < -0.4 is 10.1 Å². The van der Waals surface area contributed by atoms with Crippen LogP contribution in [-0.4, -0.2) is 22.8 Å². The third-order valence-corrected chi connectivity index (χ3v) is 4.26. The van der Waals surface area contributed by atoms with E-state index in [1.807, 2.05) is 13.8 Å². The topological polar surface area (TPSA) is 33.6 Å². The SMILES string of the molecule is CC1(C)CCSC(Nc2ccc(OC(F)(F)F)c(Br)c2)=N1. The van der Waals surface area contributed by atoms with Gasteiger partial charge in [0.05, 0.1) is 10.0 Å². The molecule has 0 fully saturated rings. The molecule has 1 aliphatic heterocycles. The molecule has 0 unspecified atom stereocenters. The van der Waals surface area contributed by atoms with E-state index in [2.05, 4.69) is 31.0 Å². The molecule has 1 N–H and O–H groups in total. The Labute approximate surface area is 133 Å². The molecule has 0 amide bonds. The van der Waals surface area contributed by atoms with Gasteiger partial charge in [-0.1, -0.05) is 11.8 Å². The van der Waals surface area contributed by atoms with Crippen LogP contribution in [0.4, 0.5) is 18.9 Å². The minimum absolute atomic E-state index is 0.121.